The van der Waals surface area contributed by atoms with Crippen LogP contribution in [0.1, 0.15) is 37.4 Å². The van der Waals surface area contributed by atoms with Gasteiger partial charge in [-0.15, -0.1) is 0 Å². The van der Waals surface area contributed by atoms with Crippen LogP contribution < -0.4 is 5.32 Å². The highest BCUT2D eigenvalue weighted by molar-refractivity contribution is 7.80. The maximum absolute atomic E-state index is 6.06. The Labute approximate surface area is 158 Å². The predicted molar refractivity (Wildman–Crippen MR) is 104 cm³/mol. The Bertz CT molecular complexity index is 751. The lowest BCUT2D eigenvalue weighted by Crippen LogP contribution is -2.45. The van der Waals surface area contributed by atoms with Gasteiger partial charge in [-0.1, -0.05) is 11.6 Å². The molecule has 1 atom stereocenters. The van der Waals surface area contributed by atoms with Crippen LogP contribution in [-0.2, 0) is 4.74 Å². The standard InChI is InChI=1S/C18H23ClN4OS/c19-13-3-4-15-16(10-13)22-17(21-15)12-5-7-23(8-6-12)18(25)20-11-14-2-1-9-24-14/h3-4,10,12,14H,1-2,5-9,11H2,(H,20,25)(H,21,22)/t14-/m1/s1. The Hall–Kier alpha value is -1.37. The molecule has 3 heterocycles. The Morgan fingerprint density at radius 1 is 1.36 bits per heavy atom. The lowest BCUT2D eigenvalue weighted by atomic mass is 9.96. The zero-order valence-electron chi connectivity index (χ0n) is 14.1. The van der Waals surface area contributed by atoms with Gasteiger partial charge in [0.25, 0.3) is 0 Å². The second-order valence-electron chi connectivity index (χ2n) is 6.87. The molecule has 0 saturated carbocycles. The molecule has 134 valence electrons. The van der Waals surface area contributed by atoms with Crippen LogP contribution in [0.2, 0.25) is 5.02 Å². The van der Waals surface area contributed by atoms with Crippen LogP contribution in [0.25, 0.3) is 11.0 Å². The molecule has 0 bridgehead atoms. The van der Waals surface area contributed by atoms with Gasteiger partial charge in [0.1, 0.15) is 5.82 Å². The van der Waals surface area contributed by atoms with E-state index in [9.17, 15) is 0 Å². The Kier molecular flexibility index (Phi) is 5.10. The second kappa shape index (κ2) is 7.48. The molecule has 1 aromatic carbocycles. The van der Waals surface area contributed by atoms with Crippen LogP contribution in [0.15, 0.2) is 18.2 Å². The third kappa shape index (κ3) is 3.91. The number of likely N-dealkylation sites (tertiary alicyclic amines) is 1. The van der Waals surface area contributed by atoms with Crippen molar-refractivity contribution in [2.45, 2.75) is 37.7 Å². The predicted octanol–water partition coefficient (Wildman–Crippen LogP) is 3.45. The maximum atomic E-state index is 6.06. The second-order valence-corrected chi connectivity index (χ2v) is 7.69. The molecule has 0 amide bonds. The van der Waals surface area contributed by atoms with E-state index in [1.54, 1.807) is 0 Å². The van der Waals surface area contributed by atoms with Crippen molar-refractivity contribution in [2.24, 2.45) is 0 Å². The first-order valence-electron chi connectivity index (χ1n) is 8.98. The average Bonchev–Trinajstić information content (AvgIpc) is 3.29. The monoisotopic (exact) mass is 378 g/mol. The summed E-state index contributed by atoms with van der Waals surface area (Å²) in [5.74, 6) is 1.51. The van der Waals surface area contributed by atoms with Gasteiger partial charge in [-0.05, 0) is 56.1 Å². The zero-order chi connectivity index (χ0) is 17.2. The van der Waals surface area contributed by atoms with E-state index in [0.29, 0.717) is 12.0 Å². The molecule has 2 saturated heterocycles. The first kappa shape index (κ1) is 17.1. The number of hydrogen-bond donors (Lipinski definition) is 2. The van der Waals surface area contributed by atoms with Gasteiger partial charge < -0.3 is 19.9 Å². The number of H-pyrrole nitrogens is 1. The number of imidazole rings is 1. The molecule has 0 spiro atoms. The highest BCUT2D eigenvalue weighted by atomic mass is 35.5. The number of ether oxygens (including phenoxy) is 1. The number of nitrogens with zero attached hydrogens (tertiary/aromatic N) is 2. The highest BCUT2D eigenvalue weighted by Gasteiger charge is 2.25. The smallest absolute Gasteiger partial charge is 0.169 e. The fourth-order valence-corrected chi connectivity index (χ4v) is 4.11. The number of aromatic nitrogens is 2. The van der Waals surface area contributed by atoms with E-state index in [0.717, 1.165) is 78.9 Å². The Morgan fingerprint density at radius 3 is 2.96 bits per heavy atom. The van der Waals surface area contributed by atoms with Crippen LogP contribution in [0.5, 0.6) is 0 Å². The van der Waals surface area contributed by atoms with Crippen molar-refractivity contribution < 1.29 is 4.74 Å². The van der Waals surface area contributed by atoms with Gasteiger partial charge in [0, 0.05) is 37.2 Å². The van der Waals surface area contributed by atoms with Gasteiger partial charge >= 0.3 is 0 Å². The van der Waals surface area contributed by atoms with Gasteiger partial charge in [-0.2, -0.15) is 0 Å². The summed E-state index contributed by atoms with van der Waals surface area (Å²) in [5.41, 5.74) is 1.99. The first-order valence-corrected chi connectivity index (χ1v) is 9.77. The quantitative estimate of drug-likeness (QED) is 0.801. The summed E-state index contributed by atoms with van der Waals surface area (Å²) in [6.07, 6.45) is 4.71. The summed E-state index contributed by atoms with van der Waals surface area (Å²) in [6, 6.07) is 5.79. The van der Waals surface area contributed by atoms with Crippen molar-refractivity contribution in [2.75, 3.05) is 26.2 Å². The van der Waals surface area contributed by atoms with Crippen molar-refractivity contribution in [3.05, 3.63) is 29.0 Å². The molecule has 0 unspecified atom stereocenters. The zero-order valence-corrected chi connectivity index (χ0v) is 15.7. The van der Waals surface area contributed by atoms with Crippen molar-refractivity contribution in [3.63, 3.8) is 0 Å². The van der Waals surface area contributed by atoms with Gasteiger partial charge in [0.2, 0.25) is 0 Å². The number of halogens is 1. The highest BCUT2D eigenvalue weighted by Crippen LogP contribution is 2.28. The molecule has 2 fully saturated rings. The topological polar surface area (TPSA) is 53.2 Å². The number of nitrogens with one attached hydrogen (secondary N) is 2. The molecule has 1 aromatic heterocycles. The molecule has 0 radical (unpaired) electrons. The molecule has 2 aliphatic heterocycles. The molecule has 2 N–H and O–H groups in total. The van der Waals surface area contributed by atoms with Crippen LogP contribution >= 0.6 is 23.8 Å². The molecule has 2 aliphatic rings. The summed E-state index contributed by atoms with van der Waals surface area (Å²) in [5, 5.41) is 4.96. The van der Waals surface area contributed by atoms with Crippen molar-refractivity contribution >= 4 is 40.0 Å². The SMILES string of the molecule is S=C(NC[C@H]1CCCO1)N1CCC(c2nc3ccc(Cl)cc3[nH]2)CC1. The fraction of sp³-hybridized carbons (Fsp3) is 0.556. The Morgan fingerprint density at radius 2 is 2.20 bits per heavy atom. The normalized spacial score (nSPS) is 21.8. The number of thiocarbonyl (C=S) groups is 1. The third-order valence-corrected chi connectivity index (χ3v) is 5.77. The lowest BCUT2D eigenvalue weighted by Gasteiger charge is -2.33. The van der Waals surface area contributed by atoms with E-state index < -0.39 is 0 Å². The molecular formula is C18H23ClN4OS. The van der Waals surface area contributed by atoms with E-state index in [-0.39, 0.29) is 0 Å². The van der Waals surface area contributed by atoms with Crippen LogP contribution in [0.3, 0.4) is 0 Å². The molecule has 7 heteroatoms. The summed E-state index contributed by atoms with van der Waals surface area (Å²) in [6.45, 7) is 3.62. The van der Waals surface area contributed by atoms with E-state index in [1.165, 1.54) is 0 Å². The summed E-state index contributed by atoms with van der Waals surface area (Å²) < 4.78 is 5.64. The van der Waals surface area contributed by atoms with Gasteiger partial charge in [-0.25, -0.2) is 4.98 Å². The van der Waals surface area contributed by atoms with Gasteiger partial charge in [0.05, 0.1) is 17.1 Å². The number of rotatable bonds is 3. The molecule has 0 aliphatic carbocycles. The van der Waals surface area contributed by atoms with E-state index in [4.69, 9.17) is 33.5 Å². The fourth-order valence-electron chi connectivity index (χ4n) is 3.67. The lowest BCUT2D eigenvalue weighted by molar-refractivity contribution is 0.113. The van der Waals surface area contributed by atoms with E-state index >= 15 is 0 Å². The molecular weight excluding hydrogens is 356 g/mol. The molecule has 5 nitrogen and oxygen atoms in total. The van der Waals surface area contributed by atoms with Crippen LogP contribution in [0, 0.1) is 0 Å². The largest absolute Gasteiger partial charge is 0.376 e. The van der Waals surface area contributed by atoms with Crippen LogP contribution in [0.4, 0.5) is 0 Å². The van der Waals surface area contributed by atoms with E-state index in [1.807, 2.05) is 18.2 Å². The Balaban J connectivity index is 1.31. The van der Waals surface area contributed by atoms with Crippen molar-refractivity contribution in [1.29, 1.82) is 0 Å². The minimum atomic E-state index is 0.317. The summed E-state index contributed by atoms with van der Waals surface area (Å²) in [7, 11) is 0. The van der Waals surface area contributed by atoms with Crippen molar-refractivity contribution in [1.82, 2.24) is 20.2 Å². The number of piperidine rings is 1. The van der Waals surface area contributed by atoms with Crippen molar-refractivity contribution in [3.8, 4) is 0 Å². The average molecular weight is 379 g/mol. The molecule has 4 rings (SSSR count). The number of fused-ring (bicyclic) bond motifs is 1. The minimum absolute atomic E-state index is 0.317. The van der Waals surface area contributed by atoms with Gasteiger partial charge in [0.15, 0.2) is 5.11 Å². The maximum Gasteiger partial charge on any atom is 0.169 e. The minimum Gasteiger partial charge on any atom is -0.376 e. The molecule has 2 aromatic rings. The number of benzene rings is 1. The number of hydrogen-bond acceptors (Lipinski definition) is 3. The van der Waals surface area contributed by atoms with E-state index in [2.05, 4.69) is 15.2 Å². The first-order chi connectivity index (χ1) is 12.2. The number of aromatic amines is 1. The van der Waals surface area contributed by atoms with Gasteiger partial charge in [-0.3, -0.25) is 0 Å². The summed E-state index contributed by atoms with van der Waals surface area (Å²) in [4.78, 5) is 10.4. The molecule has 25 heavy (non-hydrogen) atoms. The summed E-state index contributed by atoms with van der Waals surface area (Å²) >= 11 is 11.6. The van der Waals surface area contributed by atoms with Crippen LogP contribution in [-0.4, -0.2) is 52.3 Å². The third-order valence-electron chi connectivity index (χ3n) is 5.14.